The zero-order chi connectivity index (χ0) is 27.9. The summed E-state index contributed by atoms with van der Waals surface area (Å²) >= 11 is 13.9. The third kappa shape index (κ3) is 7.39. The molecule has 1 fully saturated rings. The van der Waals surface area contributed by atoms with Crippen molar-refractivity contribution in [3.05, 3.63) is 68.0 Å². The lowest BCUT2D eigenvalue weighted by atomic mass is 9.86. The van der Waals surface area contributed by atoms with Gasteiger partial charge in [-0.05, 0) is 68.4 Å². The maximum atomic E-state index is 12.9. The minimum atomic E-state index is -1.08. The monoisotopic (exact) mass is 588 g/mol. The average Bonchev–Trinajstić information content (AvgIpc) is 3.34. The number of hydrogen-bond donors (Lipinski definition) is 2. The van der Waals surface area contributed by atoms with E-state index < -0.39 is 11.9 Å². The number of ether oxygens (including phenoxy) is 2. The summed E-state index contributed by atoms with van der Waals surface area (Å²) in [4.78, 5) is 28.6. The van der Waals surface area contributed by atoms with E-state index in [1.54, 1.807) is 7.11 Å². The van der Waals surface area contributed by atoms with E-state index in [0.29, 0.717) is 16.4 Å². The van der Waals surface area contributed by atoms with Gasteiger partial charge in [0.15, 0.2) is 5.13 Å². The van der Waals surface area contributed by atoms with Gasteiger partial charge in [0.05, 0.1) is 22.8 Å². The lowest BCUT2D eigenvalue weighted by molar-refractivity contribution is -0.132. The molecule has 2 N–H and O–H groups in total. The number of nitrogens with one attached hydrogen (secondary N) is 1. The highest BCUT2D eigenvalue weighted by atomic mass is 35.5. The Hall–Kier alpha value is -2.91. The molecule has 1 amide bonds. The van der Waals surface area contributed by atoms with Crippen molar-refractivity contribution in [1.29, 1.82) is 0 Å². The maximum absolute atomic E-state index is 12.9. The molecule has 1 heterocycles. The Kier molecular flexibility index (Phi) is 10.0. The molecule has 0 radical (unpaired) electrons. The van der Waals surface area contributed by atoms with Gasteiger partial charge in [-0.2, -0.15) is 0 Å². The first kappa shape index (κ1) is 29.1. The van der Waals surface area contributed by atoms with E-state index >= 15 is 0 Å². The van der Waals surface area contributed by atoms with Gasteiger partial charge in [-0.25, -0.2) is 9.78 Å². The highest BCUT2D eigenvalue weighted by molar-refractivity contribution is 7.14. The number of carboxylic acids is 1. The van der Waals surface area contributed by atoms with E-state index in [4.69, 9.17) is 37.8 Å². The number of methoxy groups -OCH3 is 1. The zero-order valence-electron chi connectivity index (χ0n) is 21.8. The SMILES string of the molecule is COc1c(CCCOCC2CCC2)cccc1-c1csc(NC(=O)c2cc(Cl)c(/C=C(\C)C(=O)O)c(Cl)c2)n1. The van der Waals surface area contributed by atoms with Crippen LogP contribution in [0.25, 0.3) is 17.3 Å². The topological polar surface area (TPSA) is 97.8 Å². The molecule has 0 atom stereocenters. The van der Waals surface area contributed by atoms with Gasteiger partial charge in [0.25, 0.3) is 5.91 Å². The Labute approximate surface area is 241 Å². The number of aryl methyl sites for hydroxylation is 1. The van der Waals surface area contributed by atoms with Crippen molar-refractivity contribution in [3.63, 3.8) is 0 Å². The first-order chi connectivity index (χ1) is 18.8. The van der Waals surface area contributed by atoms with Crippen molar-refractivity contribution in [2.75, 3.05) is 25.6 Å². The summed E-state index contributed by atoms with van der Waals surface area (Å²) in [5.74, 6) is -0.0222. The van der Waals surface area contributed by atoms with Gasteiger partial charge in [-0.1, -0.05) is 41.8 Å². The number of rotatable bonds is 12. The van der Waals surface area contributed by atoms with Crippen LogP contribution in [0.2, 0.25) is 10.0 Å². The quantitative estimate of drug-likeness (QED) is 0.167. The lowest BCUT2D eigenvalue weighted by Gasteiger charge is -2.24. The maximum Gasteiger partial charge on any atom is 0.331 e. The number of nitrogens with zero attached hydrogens (tertiary/aromatic N) is 1. The molecule has 206 valence electrons. The lowest BCUT2D eigenvalue weighted by Crippen LogP contribution is -2.17. The molecule has 0 spiro atoms. The number of carbonyl (C=O) groups is 2. The molecule has 0 bridgehead atoms. The molecular weight excluding hydrogens is 559 g/mol. The second-order valence-corrected chi connectivity index (χ2v) is 11.1. The third-order valence-corrected chi connectivity index (χ3v) is 8.04. The van der Waals surface area contributed by atoms with Crippen LogP contribution >= 0.6 is 34.5 Å². The summed E-state index contributed by atoms with van der Waals surface area (Å²) in [6, 6.07) is 8.86. The van der Waals surface area contributed by atoms with Crippen LogP contribution in [0.4, 0.5) is 5.13 Å². The normalized spacial score (nSPS) is 13.7. The standard InChI is InChI=1S/C29H30Cl2N2O5S/c1-17(28(35)36)12-22-23(30)13-20(14-24(22)31)27(34)33-29-32-25(16-39-29)21-10-4-8-19(26(21)37-2)9-5-11-38-15-18-6-3-7-18/h4,8,10,12-14,16,18H,3,5-7,9,11,15H2,1-2H3,(H,35,36)(H,32,33,34)/b17-12+. The number of benzene rings is 2. The van der Waals surface area contributed by atoms with E-state index in [2.05, 4.69) is 10.3 Å². The molecule has 0 unspecified atom stereocenters. The molecule has 0 saturated heterocycles. The van der Waals surface area contributed by atoms with Crippen LogP contribution in [0.15, 0.2) is 41.3 Å². The summed E-state index contributed by atoms with van der Waals surface area (Å²) in [6.45, 7) is 3.02. The van der Waals surface area contributed by atoms with E-state index in [9.17, 15) is 9.59 Å². The second kappa shape index (κ2) is 13.4. The number of para-hydroxylation sites is 1. The Bertz CT molecular complexity index is 1360. The fraction of sp³-hybridized carbons (Fsp3) is 0.345. The van der Waals surface area contributed by atoms with Gasteiger partial charge in [-0.15, -0.1) is 11.3 Å². The average molecular weight is 590 g/mol. The van der Waals surface area contributed by atoms with Crippen LogP contribution < -0.4 is 10.1 Å². The van der Waals surface area contributed by atoms with Gasteiger partial charge in [0, 0.05) is 40.9 Å². The first-order valence-corrected chi connectivity index (χ1v) is 14.3. The van der Waals surface area contributed by atoms with E-state index in [-0.39, 0.29) is 21.2 Å². The number of amides is 1. The van der Waals surface area contributed by atoms with E-state index in [1.807, 2.05) is 23.6 Å². The highest BCUT2D eigenvalue weighted by Crippen LogP contribution is 2.36. The van der Waals surface area contributed by atoms with Crippen LogP contribution in [0.3, 0.4) is 0 Å². The van der Waals surface area contributed by atoms with Crippen molar-refractivity contribution < 1.29 is 24.2 Å². The predicted octanol–water partition coefficient (Wildman–Crippen LogP) is 7.62. The molecule has 1 saturated carbocycles. The van der Waals surface area contributed by atoms with E-state index in [1.165, 1.54) is 55.7 Å². The first-order valence-electron chi connectivity index (χ1n) is 12.7. The molecule has 2 aromatic carbocycles. The van der Waals surface area contributed by atoms with E-state index in [0.717, 1.165) is 48.8 Å². The van der Waals surface area contributed by atoms with Gasteiger partial charge < -0.3 is 14.6 Å². The van der Waals surface area contributed by atoms with Crippen LogP contribution in [0, 0.1) is 5.92 Å². The highest BCUT2D eigenvalue weighted by Gasteiger charge is 2.19. The number of carbonyl (C=O) groups excluding carboxylic acids is 1. The molecule has 39 heavy (non-hydrogen) atoms. The summed E-state index contributed by atoms with van der Waals surface area (Å²) in [5.41, 5.74) is 3.25. The zero-order valence-corrected chi connectivity index (χ0v) is 24.1. The van der Waals surface area contributed by atoms with Gasteiger partial charge in [-0.3, -0.25) is 10.1 Å². The molecule has 1 aliphatic rings. The van der Waals surface area contributed by atoms with Gasteiger partial charge in [0.2, 0.25) is 0 Å². The molecule has 10 heteroatoms. The summed E-state index contributed by atoms with van der Waals surface area (Å²) in [6.07, 6.45) is 6.99. The molecule has 1 aromatic heterocycles. The molecule has 3 aromatic rings. The fourth-order valence-corrected chi connectivity index (χ4v) is 5.56. The smallest absolute Gasteiger partial charge is 0.331 e. The molecule has 4 rings (SSSR count). The number of aromatic nitrogens is 1. The second-order valence-electron chi connectivity index (χ2n) is 9.45. The Balaban J connectivity index is 1.43. The fourth-order valence-electron chi connectivity index (χ4n) is 4.25. The van der Waals surface area contributed by atoms with Crippen molar-refractivity contribution in [3.8, 4) is 17.0 Å². The van der Waals surface area contributed by atoms with Crippen LogP contribution in [-0.4, -0.2) is 42.3 Å². The minimum absolute atomic E-state index is 0.0723. The number of halogens is 2. The molecule has 7 nitrogen and oxygen atoms in total. The predicted molar refractivity (Wildman–Crippen MR) is 156 cm³/mol. The Morgan fingerprint density at radius 1 is 1.23 bits per heavy atom. The summed E-state index contributed by atoms with van der Waals surface area (Å²) in [7, 11) is 1.65. The Morgan fingerprint density at radius 2 is 1.97 bits per heavy atom. The van der Waals surface area contributed by atoms with Crippen LogP contribution in [0.1, 0.15) is 54.1 Å². The van der Waals surface area contributed by atoms with Crippen LogP contribution in [-0.2, 0) is 16.0 Å². The summed E-state index contributed by atoms with van der Waals surface area (Å²) in [5, 5.41) is 14.5. The number of aliphatic carboxylic acids is 1. The number of carboxylic acid groups (broad SMARTS) is 1. The Morgan fingerprint density at radius 3 is 2.62 bits per heavy atom. The van der Waals surface area contributed by atoms with Crippen molar-refractivity contribution in [2.45, 2.75) is 39.0 Å². The van der Waals surface area contributed by atoms with Crippen LogP contribution in [0.5, 0.6) is 5.75 Å². The largest absolute Gasteiger partial charge is 0.496 e. The van der Waals surface area contributed by atoms with Gasteiger partial charge in [0.1, 0.15) is 5.75 Å². The molecular formula is C29H30Cl2N2O5S. The van der Waals surface area contributed by atoms with Crippen molar-refractivity contribution >= 4 is 57.6 Å². The van der Waals surface area contributed by atoms with Crippen molar-refractivity contribution in [1.82, 2.24) is 4.98 Å². The minimum Gasteiger partial charge on any atom is -0.496 e. The number of anilines is 1. The molecule has 1 aliphatic carbocycles. The third-order valence-electron chi connectivity index (χ3n) is 6.65. The number of thiazole rings is 1. The summed E-state index contributed by atoms with van der Waals surface area (Å²) < 4.78 is 11.6. The number of hydrogen-bond acceptors (Lipinski definition) is 6. The van der Waals surface area contributed by atoms with Crippen molar-refractivity contribution in [2.24, 2.45) is 5.92 Å². The molecule has 0 aliphatic heterocycles. The van der Waals surface area contributed by atoms with Gasteiger partial charge >= 0.3 is 5.97 Å².